The highest BCUT2D eigenvalue weighted by atomic mass is 16.2. The number of hydrogen-bond donors (Lipinski definition) is 4. The van der Waals surface area contributed by atoms with Crippen molar-refractivity contribution in [2.24, 2.45) is 0 Å². The minimum absolute atomic E-state index is 0.128. The highest BCUT2D eigenvalue weighted by Gasteiger charge is 2.03. The van der Waals surface area contributed by atoms with Crippen LogP contribution in [0.4, 0.5) is 0 Å². The Kier molecular flexibility index (Phi) is 11.2. The molecule has 0 unspecified atom stereocenters. The minimum Gasteiger partial charge on any atom is -0.356 e. The van der Waals surface area contributed by atoms with E-state index >= 15 is 0 Å². The Labute approximate surface area is 172 Å². The van der Waals surface area contributed by atoms with Crippen molar-refractivity contribution < 1.29 is 9.59 Å². The third-order valence-electron chi connectivity index (χ3n) is 4.85. The van der Waals surface area contributed by atoms with Crippen molar-refractivity contribution in [1.29, 1.82) is 0 Å². The van der Waals surface area contributed by atoms with Crippen LogP contribution in [-0.2, 0) is 22.4 Å². The van der Waals surface area contributed by atoms with Crippen LogP contribution in [0.15, 0.2) is 25.0 Å². The Morgan fingerprint density at radius 1 is 0.690 bits per heavy atom. The molecular weight excluding hydrogens is 368 g/mol. The van der Waals surface area contributed by atoms with Crippen molar-refractivity contribution in [3.05, 3.63) is 36.4 Å². The quantitative estimate of drug-likeness (QED) is 0.323. The van der Waals surface area contributed by atoms with Crippen molar-refractivity contribution in [2.75, 3.05) is 13.1 Å². The lowest BCUT2D eigenvalue weighted by molar-refractivity contribution is -0.122. The van der Waals surface area contributed by atoms with Gasteiger partial charge in [0, 0.05) is 62.6 Å². The van der Waals surface area contributed by atoms with Gasteiger partial charge in [0.1, 0.15) is 0 Å². The van der Waals surface area contributed by atoms with Crippen LogP contribution >= 0.6 is 0 Å². The van der Waals surface area contributed by atoms with Crippen LogP contribution in [-0.4, -0.2) is 44.8 Å². The monoisotopic (exact) mass is 402 g/mol. The molecule has 0 atom stereocenters. The number of carbonyl (C=O) groups excluding carboxylic acids is 2. The van der Waals surface area contributed by atoms with Gasteiger partial charge in [0.2, 0.25) is 11.8 Å². The normalized spacial score (nSPS) is 10.8. The van der Waals surface area contributed by atoms with Gasteiger partial charge in [-0.25, -0.2) is 9.97 Å². The van der Waals surface area contributed by atoms with Crippen molar-refractivity contribution in [1.82, 2.24) is 30.6 Å². The van der Waals surface area contributed by atoms with Gasteiger partial charge in [-0.05, 0) is 12.8 Å². The third-order valence-corrected chi connectivity index (χ3v) is 4.85. The molecule has 0 aliphatic heterocycles. The van der Waals surface area contributed by atoms with E-state index in [2.05, 4.69) is 30.6 Å². The summed E-state index contributed by atoms with van der Waals surface area (Å²) in [6.45, 7) is 1.30. The number of aromatic nitrogens is 4. The molecule has 2 aromatic heterocycles. The first-order chi connectivity index (χ1) is 14.2. The first-order valence-electron chi connectivity index (χ1n) is 10.7. The van der Waals surface area contributed by atoms with Gasteiger partial charge in [-0.2, -0.15) is 0 Å². The number of hydrogen-bond acceptors (Lipinski definition) is 4. The molecule has 0 spiro atoms. The van der Waals surface area contributed by atoms with Gasteiger partial charge in [-0.3, -0.25) is 9.59 Å². The van der Waals surface area contributed by atoms with E-state index in [1.54, 1.807) is 25.0 Å². The molecule has 0 aliphatic carbocycles. The summed E-state index contributed by atoms with van der Waals surface area (Å²) in [4.78, 5) is 37.5. The largest absolute Gasteiger partial charge is 0.356 e. The van der Waals surface area contributed by atoms with Crippen LogP contribution < -0.4 is 10.6 Å². The molecule has 0 saturated carbocycles. The predicted molar refractivity (Wildman–Crippen MR) is 112 cm³/mol. The molecule has 4 N–H and O–H groups in total. The lowest BCUT2D eigenvalue weighted by Gasteiger charge is -2.05. The fraction of sp³-hybridized carbons (Fsp3) is 0.619. The molecule has 2 aromatic rings. The van der Waals surface area contributed by atoms with Gasteiger partial charge in [0.15, 0.2) is 0 Å². The van der Waals surface area contributed by atoms with Gasteiger partial charge in [-0.15, -0.1) is 0 Å². The SMILES string of the molecule is O=C(CCCCCCCCCC(=O)NCCc1cnc[nH]1)NCCc1cnc[nH]1. The zero-order valence-corrected chi connectivity index (χ0v) is 17.2. The summed E-state index contributed by atoms with van der Waals surface area (Å²) >= 11 is 0. The number of nitrogens with zero attached hydrogens (tertiary/aromatic N) is 2. The van der Waals surface area contributed by atoms with E-state index in [4.69, 9.17) is 0 Å². The molecule has 0 fully saturated rings. The number of nitrogens with one attached hydrogen (secondary N) is 4. The third kappa shape index (κ3) is 11.1. The Morgan fingerprint density at radius 2 is 1.10 bits per heavy atom. The number of carbonyl (C=O) groups is 2. The maximum absolute atomic E-state index is 11.8. The van der Waals surface area contributed by atoms with Crippen LogP contribution in [0, 0.1) is 0 Å². The topological polar surface area (TPSA) is 116 Å². The molecule has 29 heavy (non-hydrogen) atoms. The maximum atomic E-state index is 11.8. The number of amides is 2. The first-order valence-corrected chi connectivity index (χ1v) is 10.7. The second-order valence-electron chi connectivity index (χ2n) is 7.33. The molecule has 0 aromatic carbocycles. The average Bonchev–Trinajstić information content (AvgIpc) is 3.41. The second-order valence-corrected chi connectivity index (χ2v) is 7.33. The highest BCUT2D eigenvalue weighted by Crippen LogP contribution is 2.09. The summed E-state index contributed by atoms with van der Waals surface area (Å²) in [6, 6.07) is 0. The first kappa shape index (κ1) is 22.6. The zero-order valence-electron chi connectivity index (χ0n) is 17.2. The zero-order chi connectivity index (χ0) is 20.6. The number of unbranched alkanes of at least 4 members (excludes halogenated alkanes) is 6. The van der Waals surface area contributed by atoms with Gasteiger partial charge in [0.25, 0.3) is 0 Å². The van der Waals surface area contributed by atoms with E-state index in [-0.39, 0.29) is 11.8 Å². The highest BCUT2D eigenvalue weighted by molar-refractivity contribution is 5.76. The molecule has 8 nitrogen and oxygen atoms in total. The Hall–Kier alpha value is -2.64. The van der Waals surface area contributed by atoms with Gasteiger partial charge < -0.3 is 20.6 Å². The van der Waals surface area contributed by atoms with E-state index in [1.165, 1.54) is 6.42 Å². The van der Waals surface area contributed by atoms with Crippen molar-refractivity contribution >= 4 is 11.8 Å². The summed E-state index contributed by atoms with van der Waals surface area (Å²) in [5.74, 6) is 0.256. The van der Waals surface area contributed by atoms with Crippen LogP contribution in [0.3, 0.4) is 0 Å². The van der Waals surface area contributed by atoms with Gasteiger partial charge >= 0.3 is 0 Å². The predicted octanol–water partition coefficient (Wildman–Crippen LogP) is 2.66. The average molecular weight is 403 g/mol. The van der Waals surface area contributed by atoms with E-state index < -0.39 is 0 Å². The van der Waals surface area contributed by atoms with E-state index in [9.17, 15) is 9.59 Å². The molecule has 2 rings (SSSR count). The van der Waals surface area contributed by atoms with Crippen LogP contribution in [0.2, 0.25) is 0 Å². The number of rotatable bonds is 16. The van der Waals surface area contributed by atoms with Crippen molar-refractivity contribution in [2.45, 2.75) is 70.6 Å². The number of imidazole rings is 2. The summed E-state index contributed by atoms with van der Waals surface area (Å²) in [5.41, 5.74) is 2.08. The minimum atomic E-state index is 0.128. The Morgan fingerprint density at radius 3 is 1.48 bits per heavy atom. The molecule has 0 saturated heterocycles. The molecule has 0 aliphatic rings. The standard InChI is InChI=1S/C21H34N6O2/c28-20(24-12-10-18-14-22-16-26-18)8-6-4-2-1-3-5-7-9-21(29)25-13-11-19-15-23-17-27-19/h14-17H,1-13H2,(H,22,26)(H,23,27)(H,24,28)(H,25,29). The smallest absolute Gasteiger partial charge is 0.220 e. The molecule has 160 valence electrons. The summed E-state index contributed by atoms with van der Waals surface area (Å²) in [6.07, 6.45) is 17.1. The summed E-state index contributed by atoms with van der Waals surface area (Å²) in [5, 5.41) is 5.89. The fourth-order valence-corrected chi connectivity index (χ4v) is 3.15. The maximum Gasteiger partial charge on any atom is 0.220 e. The number of H-pyrrole nitrogens is 2. The summed E-state index contributed by atoms with van der Waals surface area (Å²) in [7, 11) is 0. The Balaban J connectivity index is 1.31. The lowest BCUT2D eigenvalue weighted by Crippen LogP contribution is -2.25. The van der Waals surface area contributed by atoms with Crippen molar-refractivity contribution in [3.8, 4) is 0 Å². The molecule has 0 radical (unpaired) electrons. The molecule has 0 bridgehead atoms. The van der Waals surface area contributed by atoms with Crippen LogP contribution in [0.25, 0.3) is 0 Å². The molecule has 2 amide bonds. The van der Waals surface area contributed by atoms with Crippen LogP contribution in [0.1, 0.15) is 69.2 Å². The van der Waals surface area contributed by atoms with E-state index in [0.29, 0.717) is 25.9 Å². The van der Waals surface area contributed by atoms with Crippen molar-refractivity contribution in [3.63, 3.8) is 0 Å². The lowest BCUT2D eigenvalue weighted by atomic mass is 10.1. The fourth-order valence-electron chi connectivity index (χ4n) is 3.15. The number of aromatic amines is 2. The second kappa shape index (κ2) is 14.4. The van der Waals surface area contributed by atoms with E-state index in [0.717, 1.165) is 62.8 Å². The van der Waals surface area contributed by atoms with Crippen LogP contribution in [0.5, 0.6) is 0 Å². The molecule has 8 heteroatoms. The molecular formula is C21H34N6O2. The van der Waals surface area contributed by atoms with Gasteiger partial charge in [0.05, 0.1) is 12.7 Å². The van der Waals surface area contributed by atoms with Gasteiger partial charge in [-0.1, -0.05) is 32.1 Å². The van der Waals surface area contributed by atoms with E-state index in [1.807, 2.05) is 0 Å². The summed E-state index contributed by atoms with van der Waals surface area (Å²) < 4.78 is 0. The molecule has 2 heterocycles. The Bertz CT molecular complexity index is 611.